The molecular formula is C13H18BrNO2S. The number of hydrogen-bond donors (Lipinski definition) is 0. The monoisotopic (exact) mass is 331 g/mol. The minimum atomic E-state index is -0.359. The van der Waals surface area contributed by atoms with Crippen LogP contribution < -0.4 is 0 Å². The predicted octanol–water partition coefficient (Wildman–Crippen LogP) is 3.46. The normalized spacial score (nSPS) is 19.4. The van der Waals surface area contributed by atoms with Crippen molar-refractivity contribution in [2.24, 2.45) is 5.41 Å². The third-order valence-corrected chi connectivity index (χ3v) is 5.42. The smallest absolute Gasteiger partial charge is 0.313 e. The summed E-state index contributed by atoms with van der Waals surface area (Å²) in [5.41, 5.74) is -0.359. The van der Waals surface area contributed by atoms with Crippen molar-refractivity contribution in [3.63, 3.8) is 0 Å². The first-order chi connectivity index (χ1) is 8.51. The minimum Gasteiger partial charge on any atom is -0.469 e. The van der Waals surface area contributed by atoms with Gasteiger partial charge < -0.3 is 9.64 Å². The molecule has 1 unspecified atom stereocenters. The molecule has 18 heavy (non-hydrogen) atoms. The van der Waals surface area contributed by atoms with Crippen molar-refractivity contribution in [1.29, 1.82) is 0 Å². The van der Waals surface area contributed by atoms with Crippen molar-refractivity contribution in [2.75, 3.05) is 21.2 Å². The van der Waals surface area contributed by atoms with E-state index in [-0.39, 0.29) is 17.4 Å². The number of carbonyl (C=O) groups is 1. The lowest BCUT2D eigenvalue weighted by molar-refractivity contribution is -0.164. The van der Waals surface area contributed by atoms with Crippen LogP contribution in [0.4, 0.5) is 0 Å². The summed E-state index contributed by atoms with van der Waals surface area (Å²) in [5.74, 6) is -0.0722. The zero-order chi connectivity index (χ0) is 13.3. The van der Waals surface area contributed by atoms with Gasteiger partial charge in [-0.3, -0.25) is 4.79 Å². The number of ether oxygens (including phenoxy) is 1. The van der Waals surface area contributed by atoms with Crippen LogP contribution in [0.25, 0.3) is 0 Å². The number of hydrogen-bond acceptors (Lipinski definition) is 4. The molecule has 2 rings (SSSR count). The fourth-order valence-corrected chi connectivity index (χ4v) is 4.58. The largest absolute Gasteiger partial charge is 0.469 e. The van der Waals surface area contributed by atoms with Crippen molar-refractivity contribution in [3.8, 4) is 0 Å². The van der Waals surface area contributed by atoms with Gasteiger partial charge in [-0.05, 0) is 55.0 Å². The molecule has 1 saturated carbocycles. The van der Waals surface area contributed by atoms with E-state index in [9.17, 15) is 4.79 Å². The Hall–Kier alpha value is -0.390. The summed E-state index contributed by atoms with van der Waals surface area (Å²) < 4.78 is 6.14. The maximum Gasteiger partial charge on any atom is 0.313 e. The van der Waals surface area contributed by atoms with E-state index in [4.69, 9.17) is 4.74 Å². The van der Waals surface area contributed by atoms with Crippen molar-refractivity contribution in [2.45, 2.75) is 25.3 Å². The van der Waals surface area contributed by atoms with Gasteiger partial charge in [0.2, 0.25) is 0 Å². The highest BCUT2D eigenvalue weighted by Crippen LogP contribution is 2.54. The van der Waals surface area contributed by atoms with Crippen LogP contribution in [0.1, 0.15) is 30.2 Å². The number of nitrogens with zero attached hydrogens (tertiary/aromatic N) is 1. The highest BCUT2D eigenvalue weighted by molar-refractivity contribution is 9.11. The fraction of sp³-hybridized carbons (Fsp3) is 0.615. The lowest BCUT2D eigenvalue weighted by Crippen LogP contribution is -2.48. The second-order valence-electron chi connectivity index (χ2n) is 5.01. The average Bonchev–Trinajstić information content (AvgIpc) is 2.67. The zero-order valence-corrected chi connectivity index (χ0v) is 13.3. The summed E-state index contributed by atoms with van der Waals surface area (Å²) in [6, 6.07) is 4.25. The summed E-state index contributed by atoms with van der Waals surface area (Å²) in [6.45, 7) is 0. The van der Waals surface area contributed by atoms with Crippen molar-refractivity contribution < 1.29 is 9.53 Å². The van der Waals surface area contributed by atoms with Gasteiger partial charge in [0, 0.05) is 4.88 Å². The molecule has 0 N–H and O–H groups in total. The van der Waals surface area contributed by atoms with E-state index >= 15 is 0 Å². The van der Waals surface area contributed by atoms with E-state index in [0.29, 0.717) is 0 Å². The molecule has 1 fully saturated rings. The molecule has 0 aliphatic heterocycles. The third kappa shape index (κ3) is 2.24. The molecule has 0 amide bonds. The van der Waals surface area contributed by atoms with E-state index in [1.807, 2.05) is 20.2 Å². The van der Waals surface area contributed by atoms with Crippen LogP contribution in [-0.2, 0) is 9.53 Å². The van der Waals surface area contributed by atoms with Crippen LogP contribution >= 0.6 is 27.3 Å². The van der Waals surface area contributed by atoms with Crippen molar-refractivity contribution in [1.82, 2.24) is 4.90 Å². The molecule has 1 heterocycles. The average molecular weight is 332 g/mol. The van der Waals surface area contributed by atoms with Gasteiger partial charge in [0.05, 0.1) is 22.4 Å². The van der Waals surface area contributed by atoms with Crippen LogP contribution in [0.2, 0.25) is 0 Å². The number of thiophene rings is 1. The molecule has 1 aromatic heterocycles. The van der Waals surface area contributed by atoms with E-state index in [1.165, 1.54) is 12.0 Å². The van der Waals surface area contributed by atoms with Crippen LogP contribution in [0.5, 0.6) is 0 Å². The summed E-state index contributed by atoms with van der Waals surface area (Å²) in [5, 5.41) is 0. The topological polar surface area (TPSA) is 29.5 Å². The lowest BCUT2D eigenvalue weighted by Gasteiger charge is -2.47. The fourth-order valence-electron chi connectivity index (χ4n) is 2.85. The molecule has 0 bridgehead atoms. The Morgan fingerprint density at radius 2 is 2.17 bits per heavy atom. The first kappa shape index (κ1) is 14.0. The SMILES string of the molecule is COC(=O)C1(C(c2ccc(Br)s2)N(C)C)CCC1. The van der Waals surface area contributed by atoms with Gasteiger partial charge in [0.25, 0.3) is 0 Å². The van der Waals surface area contributed by atoms with E-state index in [0.717, 1.165) is 23.0 Å². The molecule has 0 spiro atoms. The maximum atomic E-state index is 12.2. The quantitative estimate of drug-likeness (QED) is 0.791. The Bertz CT molecular complexity index is 440. The van der Waals surface area contributed by atoms with E-state index in [2.05, 4.69) is 26.9 Å². The number of methoxy groups -OCH3 is 1. The van der Waals surface area contributed by atoms with E-state index < -0.39 is 0 Å². The second kappa shape index (κ2) is 5.31. The molecule has 1 aliphatic rings. The van der Waals surface area contributed by atoms with Gasteiger partial charge >= 0.3 is 5.97 Å². The van der Waals surface area contributed by atoms with Crippen LogP contribution in [0.15, 0.2) is 15.9 Å². The molecular weight excluding hydrogens is 314 g/mol. The lowest BCUT2D eigenvalue weighted by atomic mass is 9.63. The predicted molar refractivity (Wildman–Crippen MR) is 76.7 cm³/mol. The molecule has 1 atom stereocenters. The molecule has 3 nitrogen and oxygen atoms in total. The molecule has 1 aromatic rings. The Morgan fingerprint density at radius 1 is 1.50 bits per heavy atom. The second-order valence-corrected chi connectivity index (χ2v) is 7.50. The first-order valence-corrected chi connectivity index (χ1v) is 7.62. The van der Waals surface area contributed by atoms with Gasteiger partial charge in [0.15, 0.2) is 0 Å². The Kier molecular flexibility index (Phi) is 4.14. The van der Waals surface area contributed by atoms with Crippen molar-refractivity contribution in [3.05, 3.63) is 20.8 Å². The summed E-state index contributed by atoms with van der Waals surface area (Å²) in [7, 11) is 5.54. The Balaban J connectivity index is 2.38. The van der Waals surface area contributed by atoms with Gasteiger partial charge in [-0.1, -0.05) is 6.42 Å². The van der Waals surface area contributed by atoms with Crippen LogP contribution in [0.3, 0.4) is 0 Å². The summed E-state index contributed by atoms with van der Waals surface area (Å²) in [4.78, 5) is 15.5. The molecule has 100 valence electrons. The van der Waals surface area contributed by atoms with E-state index in [1.54, 1.807) is 11.3 Å². The number of carbonyl (C=O) groups excluding carboxylic acids is 1. The van der Waals surface area contributed by atoms with Gasteiger partial charge in [0.1, 0.15) is 0 Å². The van der Waals surface area contributed by atoms with Gasteiger partial charge in [-0.15, -0.1) is 11.3 Å². The molecule has 5 heteroatoms. The minimum absolute atomic E-state index is 0.0722. The van der Waals surface area contributed by atoms with Crippen molar-refractivity contribution >= 4 is 33.2 Å². The molecule has 1 aliphatic carbocycles. The van der Waals surface area contributed by atoms with Crippen LogP contribution in [0, 0.1) is 5.41 Å². The molecule has 0 aromatic carbocycles. The number of esters is 1. The zero-order valence-electron chi connectivity index (χ0n) is 10.9. The van der Waals surface area contributed by atoms with Gasteiger partial charge in [-0.25, -0.2) is 0 Å². The van der Waals surface area contributed by atoms with Gasteiger partial charge in [-0.2, -0.15) is 0 Å². The summed E-state index contributed by atoms with van der Waals surface area (Å²) in [6.07, 6.45) is 2.93. The highest BCUT2D eigenvalue weighted by Gasteiger charge is 2.53. The Labute approximate surface area is 120 Å². The number of rotatable bonds is 4. The third-order valence-electron chi connectivity index (χ3n) is 3.74. The number of halogens is 1. The Morgan fingerprint density at radius 3 is 2.50 bits per heavy atom. The standard InChI is InChI=1S/C13H18BrNO2S/c1-15(2)11(9-5-6-10(14)18-9)13(7-4-8-13)12(16)17-3/h5-6,11H,4,7-8H2,1-3H3. The maximum absolute atomic E-state index is 12.2. The molecule has 0 radical (unpaired) electrons. The first-order valence-electron chi connectivity index (χ1n) is 6.01. The van der Waals surface area contributed by atoms with Crippen LogP contribution in [-0.4, -0.2) is 32.1 Å². The molecule has 0 saturated heterocycles. The highest BCUT2D eigenvalue weighted by atomic mass is 79.9. The summed E-state index contributed by atoms with van der Waals surface area (Å²) >= 11 is 5.19.